The second kappa shape index (κ2) is 9.03. The van der Waals surface area contributed by atoms with E-state index in [2.05, 4.69) is 0 Å². The fraction of sp³-hybridized carbons (Fsp3) is 0. The fourth-order valence-corrected chi connectivity index (χ4v) is 0. The van der Waals surface area contributed by atoms with Crippen molar-refractivity contribution in [1.82, 2.24) is 0 Å². The van der Waals surface area contributed by atoms with Crippen molar-refractivity contribution in [2.45, 2.75) is 0 Å². The SMILES string of the molecule is [F][Co][F].[Li]. The monoisotopic (exact) mass is 104 g/mol. The molecule has 24 valence electrons. The van der Waals surface area contributed by atoms with Gasteiger partial charge in [-0.1, -0.05) is 0 Å². The van der Waals surface area contributed by atoms with Crippen LogP contribution in [-0.4, -0.2) is 18.9 Å². The van der Waals surface area contributed by atoms with Gasteiger partial charge >= 0.3 is 22.8 Å². The van der Waals surface area contributed by atoms with Crippen molar-refractivity contribution >= 4 is 18.9 Å². The Labute approximate surface area is 42.0 Å². The van der Waals surface area contributed by atoms with Gasteiger partial charge in [0.15, 0.2) is 0 Å². The smallest absolute Gasteiger partial charge is 0 e. The second-order valence-electron chi connectivity index (χ2n) is 0.0476. The van der Waals surface area contributed by atoms with Gasteiger partial charge in [0.1, 0.15) is 0 Å². The van der Waals surface area contributed by atoms with Gasteiger partial charge in [-0.3, -0.25) is 0 Å². The summed E-state index contributed by atoms with van der Waals surface area (Å²) >= 11 is -1.56. The molecule has 0 aromatic heterocycles. The molecule has 0 N–H and O–H groups in total. The van der Waals surface area contributed by atoms with Gasteiger partial charge in [-0.2, -0.15) is 0 Å². The first-order valence-electron chi connectivity index (χ1n) is 0.252. The summed E-state index contributed by atoms with van der Waals surface area (Å²) in [5.74, 6) is 0. The molecule has 0 unspecified atom stereocenters. The molecule has 0 aromatic carbocycles. The molecule has 0 atom stereocenters. The van der Waals surface area contributed by atoms with Crippen LogP contribution in [0.5, 0.6) is 0 Å². The zero-order valence-electron chi connectivity index (χ0n) is 2.09. The van der Waals surface area contributed by atoms with Crippen molar-refractivity contribution in [3.8, 4) is 0 Å². The normalized spacial score (nSPS) is 5.50. The second-order valence-corrected chi connectivity index (χ2v) is 0.196. The molecular weight excluding hydrogens is 104 g/mol. The Hall–Kier alpha value is 0.964. The van der Waals surface area contributed by atoms with Crippen LogP contribution in [0.2, 0.25) is 0 Å². The van der Waals surface area contributed by atoms with Gasteiger partial charge in [-0.05, 0) is 0 Å². The van der Waals surface area contributed by atoms with E-state index < -0.39 is 15.6 Å². The topological polar surface area (TPSA) is 0 Å². The molecule has 0 fully saturated rings. The minimum atomic E-state index is -1.56. The van der Waals surface area contributed by atoms with Gasteiger partial charge in [0.2, 0.25) is 0 Å². The molecule has 0 amide bonds. The quantitative estimate of drug-likeness (QED) is 0.391. The molecule has 0 nitrogen and oxygen atoms in total. The predicted molar refractivity (Wildman–Crippen MR) is 7.97 cm³/mol. The summed E-state index contributed by atoms with van der Waals surface area (Å²) in [6.07, 6.45) is 0. The summed E-state index contributed by atoms with van der Waals surface area (Å²) in [7, 11) is 0. The molecule has 0 aliphatic carbocycles. The molecule has 0 bridgehead atoms. The van der Waals surface area contributed by atoms with Crippen LogP contribution in [0.4, 0.5) is 7.16 Å². The van der Waals surface area contributed by atoms with Crippen molar-refractivity contribution < 1.29 is 22.8 Å². The van der Waals surface area contributed by atoms with Crippen LogP contribution >= 0.6 is 0 Å². The van der Waals surface area contributed by atoms with Crippen LogP contribution in [0.25, 0.3) is 0 Å². The van der Waals surface area contributed by atoms with Crippen LogP contribution < -0.4 is 0 Å². The van der Waals surface area contributed by atoms with Gasteiger partial charge in [0.25, 0.3) is 0 Å². The van der Waals surface area contributed by atoms with Crippen molar-refractivity contribution in [3.63, 3.8) is 0 Å². The fourth-order valence-electron chi connectivity index (χ4n) is 0. The van der Waals surface area contributed by atoms with E-state index in [1.54, 1.807) is 0 Å². The molecule has 4 heteroatoms. The van der Waals surface area contributed by atoms with E-state index in [1.165, 1.54) is 0 Å². The molecular formula is CoF2Li. The van der Waals surface area contributed by atoms with E-state index in [9.17, 15) is 7.16 Å². The van der Waals surface area contributed by atoms with Crippen molar-refractivity contribution in [3.05, 3.63) is 0 Å². The minimum absolute atomic E-state index is 0. The van der Waals surface area contributed by atoms with Gasteiger partial charge in [-0.25, -0.2) is 0 Å². The van der Waals surface area contributed by atoms with Crippen molar-refractivity contribution in [1.29, 1.82) is 0 Å². The van der Waals surface area contributed by atoms with Crippen molar-refractivity contribution in [2.24, 2.45) is 0 Å². The third-order valence-electron chi connectivity index (χ3n) is 0. The summed E-state index contributed by atoms with van der Waals surface area (Å²) in [5.41, 5.74) is 0. The predicted octanol–water partition coefficient (Wildman–Crippen LogP) is 0.457. The van der Waals surface area contributed by atoms with Crippen molar-refractivity contribution in [2.75, 3.05) is 0 Å². The molecule has 0 spiro atoms. The van der Waals surface area contributed by atoms with Gasteiger partial charge < -0.3 is 0 Å². The van der Waals surface area contributed by atoms with E-state index >= 15 is 0 Å². The van der Waals surface area contributed by atoms with Gasteiger partial charge in [0.05, 0.1) is 0 Å². The molecule has 1 radical (unpaired) electrons. The number of hydrogen-bond donors (Lipinski definition) is 0. The maximum atomic E-state index is 9.59. The summed E-state index contributed by atoms with van der Waals surface area (Å²) in [6.45, 7) is 0. The maximum absolute atomic E-state index is 9.59. The summed E-state index contributed by atoms with van der Waals surface area (Å²) in [4.78, 5) is 0. The van der Waals surface area contributed by atoms with Gasteiger partial charge in [0, 0.05) is 18.9 Å². The van der Waals surface area contributed by atoms with Crippen LogP contribution in [0.3, 0.4) is 0 Å². The Morgan fingerprint density at radius 1 is 1.25 bits per heavy atom. The largest absolute Gasteiger partial charge is 0 e. The van der Waals surface area contributed by atoms with Crippen LogP contribution in [0.1, 0.15) is 0 Å². The average Bonchev–Trinajstić information content (AvgIpc) is 0.918. The molecule has 0 heterocycles. The first kappa shape index (κ1) is 8.88. The number of hydrogen-bond acceptors (Lipinski definition) is 0. The Morgan fingerprint density at radius 2 is 1.25 bits per heavy atom. The minimum Gasteiger partial charge on any atom is 0 e. The summed E-state index contributed by atoms with van der Waals surface area (Å²) < 4.78 is 19.2. The van der Waals surface area contributed by atoms with Crippen LogP contribution in [0.15, 0.2) is 0 Å². The van der Waals surface area contributed by atoms with E-state index in [0.717, 1.165) is 0 Å². The maximum Gasteiger partial charge on any atom is 0 e. The molecule has 0 rings (SSSR count). The molecule has 0 aliphatic heterocycles. The van der Waals surface area contributed by atoms with Gasteiger partial charge in [-0.15, -0.1) is 0 Å². The Bertz CT molecular complexity index is 6.00. The standard InChI is InChI=1S/Co.2FH.Li/h;2*1H;/q+2;;;/p-2. The van der Waals surface area contributed by atoms with E-state index in [-0.39, 0.29) is 18.9 Å². The van der Waals surface area contributed by atoms with E-state index in [1.807, 2.05) is 0 Å². The van der Waals surface area contributed by atoms with Crippen LogP contribution in [0, 0.1) is 0 Å². The Balaban J connectivity index is 0. The molecule has 0 saturated heterocycles. The first-order chi connectivity index (χ1) is 1.41. The zero-order valence-corrected chi connectivity index (χ0v) is 3.13. The zero-order chi connectivity index (χ0) is 2.71. The molecule has 0 aliphatic rings. The number of rotatable bonds is 0. The number of halogens is 2. The van der Waals surface area contributed by atoms with Crippen LogP contribution in [-0.2, 0) is 15.6 Å². The van der Waals surface area contributed by atoms with E-state index in [4.69, 9.17) is 0 Å². The summed E-state index contributed by atoms with van der Waals surface area (Å²) in [5, 5.41) is 0. The third-order valence-corrected chi connectivity index (χ3v) is 0. The molecule has 0 aromatic rings. The third kappa shape index (κ3) is 12.3. The molecule has 4 heavy (non-hydrogen) atoms. The average molecular weight is 104 g/mol. The first-order valence-corrected chi connectivity index (χ1v) is 1.04. The Morgan fingerprint density at radius 3 is 1.25 bits per heavy atom. The Kier molecular flexibility index (Phi) is 20.0. The van der Waals surface area contributed by atoms with E-state index in [0.29, 0.717) is 0 Å². The summed E-state index contributed by atoms with van der Waals surface area (Å²) in [6, 6.07) is 0. The molecule has 0 saturated carbocycles.